The number of thiophene rings is 1. The number of alkyl halides is 1. The van der Waals surface area contributed by atoms with E-state index in [1.54, 1.807) is 0 Å². The van der Waals surface area contributed by atoms with E-state index in [9.17, 15) is 8.42 Å². The van der Waals surface area contributed by atoms with Gasteiger partial charge in [-0.15, -0.1) is 22.9 Å². The van der Waals surface area contributed by atoms with E-state index in [0.717, 1.165) is 24.2 Å². The highest BCUT2D eigenvalue weighted by molar-refractivity contribution is 7.89. The molecule has 19 heavy (non-hydrogen) atoms. The molecule has 1 unspecified atom stereocenters. The quantitative estimate of drug-likeness (QED) is 0.730. The van der Waals surface area contributed by atoms with Crippen molar-refractivity contribution in [3.05, 3.63) is 14.7 Å². The lowest BCUT2D eigenvalue weighted by Crippen LogP contribution is -2.33. The molecule has 0 aliphatic heterocycles. The summed E-state index contributed by atoms with van der Waals surface area (Å²) in [6, 6.07) is 1.34. The van der Waals surface area contributed by atoms with E-state index in [4.69, 9.17) is 34.8 Å². The third-order valence-corrected chi connectivity index (χ3v) is 6.63. The molecule has 1 atom stereocenters. The molecule has 0 fully saturated rings. The summed E-state index contributed by atoms with van der Waals surface area (Å²) in [4.78, 5) is 0.0116. The van der Waals surface area contributed by atoms with Crippen LogP contribution >= 0.6 is 46.1 Å². The van der Waals surface area contributed by atoms with Crippen LogP contribution in [0, 0.1) is 5.92 Å². The average Bonchev–Trinajstić information content (AvgIpc) is 2.68. The molecule has 0 radical (unpaired) electrons. The van der Waals surface area contributed by atoms with E-state index in [-0.39, 0.29) is 27.1 Å². The lowest BCUT2D eigenvalue weighted by atomic mass is 9.99. The van der Waals surface area contributed by atoms with Gasteiger partial charge in [0.1, 0.15) is 9.23 Å². The molecule has 1 heterocycles. The first-order valence-corrected chi connectivity index (χ1v) is 9.39. The molecule has 0 aliphatic rings. The van der Waals surface area contributed by atoms with E-state index >= 15 is 0 Å². The monoisotopic (exact) mass is 363 g/mol. The molecule has 0 saturated carbocycles. The van der Waals surface area contributed by atoms with Gasteiger partial charge in [0, 0.05) is 11.9 Å². The molecule has 0 aromatic carbocycles. The van der Waals surface area contributed by atoms with Crippen molar-refractivity contribution in [1.82, 2.24) is 4.72 Å². The largest absolute Gasteiger partial charge is 0.243 e. The van der Waals surface area contributed by atoms with Gasteiger partial charge in [0.15, 0.2) is 0 Å². The Morgan fingerprint density at radius 3 is 2.32 bits per heavy atom. The highest BCUT2D eigenvalue weighted by Gasteiger charge is 2.23. The van der Waals surface area contributed by atoms with Gasteiger partial charge in [-0.1, -0.05) is 49.9 Å². The summed E-state index contributed by atoms with van der Waals surface area (Å²) in [6.45, 7) is 4.25. The van der Waals surface area contributed by atoms with Gasteiger partial charge >= 0.3 is 0 Å². The molecule has 3 nitrogen and oxygen atoms in total. The summed E-state index contributed by atoms with van der Waals surface area (Å²) < 4.78 is 27.1. The Hall–Kier alpha value is 0.480. The Labute approximate surface area is 133 Å². The summed E-state index contributed by atoms with van der Waals surface area (Å²) in [7, 11) is -3.66. The number of hydrogen-bond acceptors (Lipinski definition) is 3. The number of sulfonamides is 1. The van der Waals surface area contributed by atoms with Gasteiger partial charge in [0.2, 0.25) is 10.0 Å². The standard InChI is InChI=1S/C11H16Cl3NO2S2/c1-3-7(4-2)8(12)6-15-19(16,17)9-5-10(13)18-11(9)14/h5,7-8,15H,3-4,6H2,1-2H3. The third-order valence-electron chi connectivity index (χ3n) is 2.94. The van der Waals surface area contributed by atoms with Gasteiger partial charge in [0.25, 0.3) is 0 Å². The van der Waals surface area contributed by atoms with Gasteiger partial charge in [-0.3, -0.25) is 0 Å². The lowest BCUT2D eigenvalue weighted by molar-refractivity contribution is 0.460. The second kappa shape index (κ2) is 7.48. The van der Waals surface area contributed by atoms with Crippen molar-refractivity contribution in [1.29, 1.82) is 0 Å². The lowest BCUT2D eigenvalue weighted by Gasteiger charge is -2.19. The minimum Gasteiger partial charge on any atom is -0.210 e. The van der Waals surface area contributed by atoms with Crippen molar-refractivity contribution >= 4 is 56.2 Å². The molecule has 1 aromatic rings. The molecule has 1 aromatic heterocycles. The molecule has 1 N–H and O–H groups in total. The van der Waals surface area contributed by atoms with E-state index in [0.29, 0.717) is 4.34 Å². The average molecular weight is 365 g/mol. The van der Waals surface area contributed by atoms with Crippen LogP contribution in [0.15, 0.2) is 11.0 Å². The number of rotatable bonds is 7. The molecular formula is C11H16Cl3NO2S2. The summed E-state index contributed by atoms with van der Waals surface area (Å²) >= 11 is 18.8. The zero-order valence-electron chi connectivity index (χ0n) is 10.6. The Balaban J connectivity index is 2.74. The van der Waals surface area contributed by atoms with Crippen LogP contribution in [-0.2, 0) is 10.0 Å². The summed E-state index contributed by atoms with van der Waals surface area (Å²) in [5, 5.41) is -0.238. The fraction of sp³-hybridized carbons (Fsp3) is 0.636. The van der Waals surface area contributed by atoms with E-state index < -0.39 is 10.0 Å². The first-order valence-electron chi connectivity index (χ1n) is 5.90. The molecule has 8 heteroatoms. The minimum absolute atomic E-state index is 0.0116. The summed E-state index contributed by atoms with van der Waals surface area (Å²) in [5.74, 6) is 0.283. The number of halogens is 3. The van der Waals surface area contributed by atoms with Crippen molar-refractivity contribution < 1.29 is 8.42 Å². The normalized spacial score (nSPS) is 14.0. The number of nitrogens with one attached hydrogen (secondary N) is 1. The van der Waals surface area contributed by atoms with Crippen LogP contribution in [0.1, 0.15) is 26.7 Å². The van der Waals surface area contributed by atoms with Crippen molar-refractivity contribution in [2.75, 3.05) is 6.54 Å². The molecular weight excluding hydrogens is 349 g/mol. The first kappa shape index (κ1) is 17.5. The molecule has 0 bridgehead atoms. The van der Waals surface area contributed by atoms with Gasteiger partial charge in [-0.05, 0) is 12.0 Å². The van der Waals surface area contributed by atoms with Gasteiger partial charge < -0.3 is 0 Å². The molecule has 110 valence electrons. The third kappa shape index (κ3) is 4.76. The topological polar surface area (TPSA) is 46.2 Å². The molecule has 0 saturated heterocycles. The van der Waals surface area contributed by atoms with Crippen molar-refractivity contribution in [2.45, 2.75) is 37.0 Å². The van der Waals surface area contributed by atoms with Crippen LogP contribution in [0.3, 0.4) is 0 Å². The zero-order chi connectivity index (χ0) is 14.6. The van der Waals surface area contributed by atoms with Crippen LogP contribution in [0.25, 0.3) is 0 Å². The molecule has 0 amide bonds. The van der Waals surface area contributed by atoms with Gasteiger partial charge in [-0.25, -0.2) is 13.1 Å². The van der Waals surface area contributed by atoms with Crippen LogP contribution in [0.2, 0.25) is 8.67 Å². The second-order valence-electron chi connectivity index (χ2n) is 4.13. The molecule has 0 aliphatic carbocycles. The predicted molar refractivity (Wildman–Crippen MR) is 83.2 cm³/mol. The van der Waals surface area contributed by atoms with Crippen LogP contribution in [0.5, 0.6) is 0 Å². The minimum atomic E-state index is -3.66. The Morgan fingerprint density at radius 2 is 1.89 bits per heavy atom. The SMILES string of the molecule is CCC(CC)C(Cl)CNS(=O)(=O)c1cc(Cl)sc1Cl. The maximum atomic E-state index is 12.1. The van der Waals surface area contributed by atoms with E-state index in [1.807, 2.05) is 13.8 Å². The van der Waals surface area contributed by atoms with Crippen LogP contribution < -0.4 is 4.72 Å². The Kier molecular flexibility index (Phi) is 6.90. The van der Waals surface area contributed by atoms with Crippen LogP contribution in [-0.4, -0.2) is 20.3 Å². The first-order chi connectivity index (χ1) is 8.81. The van der Waals surface area contributed by atoms with Gasteiger partial charge in [-0.2, -0.15) is 0 Å². The fourth-order valence-corrected chi connectivity index (χ4v) is 5.47. The maximum Gasteiger partial charge on any atom is 0.243 e. The zero-order valence-corrected chi connectivity index (χ0v) is 14.5. The smallest absolute Gasteiger partial charge is 0.210 e. The van der Waals surface area contributed by atoms with E-state index in [1.165, 1.54) is 6.07 Å². The second-order valence-corrected chi connectivity index (χ2v) is 8.71. The highest BCUT2D eigenvalue weighted by Crippen LogP contribution is 2.34. The Morgan fingerprint density at radius 1 is 1.32 bits per heavy atom. The number of hydrogen-bond donors (Lipinski definition) is 1. The van der Waals surface area contributed by atoms with Gasteiger partial charge in [0.05, 0.1) is 4.34 Å². The predicted octanol–water partition coefficient (Wildman–Crippen LogP) is 4.38. The highest BCUT2D eigenvalue weighted by atomic mass is 35.5. The molecule has 0 spiro atoms. The van der Waals surface area contributed by atoms with E-state index in [2.05, 4.69) is 4.72 Å². The summed E-state index contributed by atoms with van der Waals surface area (Å²) in [5.41, 5.74) is 0. The van der Waals surface area contributed by atoms with Crippen molar-refractivity contribution in [2.24, 2.45) is 5.92 Å². The van der Waals surface area contributed by atoms with Crippen LogP contribution in [0.4, 0.5) is 0 Å². The maximum absolute atomic E-state index is 12.1. The van der Waals surface area contributed by atoms with Crippen molar-refractivity contribution in [3.63, 3.8) is 0 Å². The molecule has 1 rings (SSSR count). The summed E-state index contributed by atoms with van der Waals surface area (Å²) in [6.07, 6.45) is 1.83. The Bertz CT molecular complexity index is 512. The van der Waals surface area contributed by atoms with Crippen molar-refractivity contribution in [3.8, 4) is 0 Å². The fourth-order valence-electron chi connectivity index (χ4n) is 1.74.